The largest absolute Gasteiger partial charge is 0.293 e. The van der Waals surface area contributed by atoms with E-state index in [4.69, 9.17) is 0 Å². The predicted octanol–water partition coefficient (Wildman–Crippen LogP) is 3.30. The van der Waals surface area contributed by atoms with Crippen molar-refractivity contribution < 1.29 is 0 Å². The van der Waals surface area contributed by atoms with Gasteiger partial charge in [-0.3, -0.25) is 4.99 Å². The van der Waals surface area contributed by atoms with Gasteiger partial charge in [0.25, 0.3) is 0 Å². The monoisotopic (exact) mass is 175 g/mol. The molecule has 0 saturated carbocycles. The minimum absolute atomic E-state index is 0.601. The Morgan fingerprint density at radius 3 is 2.62 bits per heavy atom. The van der Waals surface area contributed by atoms with Gasteiger partial charge in [-0.25, -0.2) is 0 Å². The zero-order chi connectivity index (χ0) is 9.52. The van der Waals surface area contributed by atoms with Gasteiger partial charge < -0.3 is 0 Å². The lowest BCUT2D eigenvalue weighted by atomic mass is 10.1. The Bertz CT molecular complexity index is 251. The van der Waals surface area contributed by atoms with Gasteiger partial charge >= 0.3 is 0 Å². The van der Waals surface area contributed by atoms with E-state index >= 15 is 0 Å². The van der Waals surface area contributed by atoms with E-state index in [9.17, 15) is 0 Å². The first-order chi connectivity index (χ1) is 6.33. The van der Waals surface area contributed by atoms with Crippen LogP contribution in [-0.4, -0.2) is 6.21 Å². The Morgan fingerprint density at radius 1 is 1.31 bits per heavy atom. The topological polar surface area (TPSA) is 12.4 Å². The first-order valence-corrected chi connectivity index (χ1v) is 4.86. The third-order valence-electron chi connectivity index (χ3n) is 2.12. The van der Waals surface area contributed by atoms with Crippen LogP contribution in [0.15, 0.2) is 35.3 Å². The van der Waals surface area contributed by atoms with E-state index in [0.717, 1.165) is 13.0 Å². The molecule has 1 aromatic carbocycles. The molecular weight excluding hydrogens is 158 g/mol. The van der Waals surface area contributed by atoms with Gasteiger partial charge in [-0.15, -0.1) is 0 Å². The molecule has 0 bridgehead atoms. The predicted molar refractivity (Wildman–Crippen MR) is 58.1 cm³/mol. The number of aliphatic imine (C=N–C) groups is 1. The van der Waals surface area contributed by atoms with Crippen LogP contribution in [0.5, 0.6) is 0 Å². The number of hydrogen-bond donors (Lipinski definition) is 0. The van der Waals surface area contributed by atoms with Gasteiger partial charge in [0.05, 0.1) is 6.54 Å². The summed E-state index contributed by atoms with van der Waals surface area (Å²) in [6.07, 6.45) is 3.21. The van der Waals surface area contributed by atoms with E-state index < -0.39 is 0 Å². The third-order valence-corrected chi connectivity index (χ3v) is 2.12. The Hall–Kier alpha value is -1.11. The van der Waals surface area contributed by atoms with Crippen molar-refractivity contribution in [1.29, 1.82) is 0 Å². The van der Waals surface area contributed by atoms with Gasteiger partial charge in [0.1, 0.15) is 0 Å². The molecule has 0 saturated heterocycles. The highest BCUT2D eigenvalue weighted by Crippen LogP contribution is 2.01. The molecule has 1 aromatic rings. The highest BCUT2D eigenvalue weighted by Gasteiger charge is 1.91. The molecule has 0 N–H and O–H groups in total. The highest BCUT2D eigenvalue weighted by atomic mass is 14.7. The van der Waals surface area contributed by atoms with E-state index in [1.165, 1.54) is 5.56 Å². The minimum atomic E-state index is 0.601. The van der Waals surface area contributed by atoms with E-state index in [-0.39, 0.29) is 0 Å². The maximum absolute atomic E-state index is 4.39. The van der Waals surface area contributed by atoms with Gasteiger partial charge in [-0.1, -0.05) is 44.2 Å². The molecular formula is C12H17N. The van der Waals surface area contributed by atoms with Crippen LogP contribution in [0, 0.1) is 5.92 Å². The normalized spacial score (nSPS) is 13.4. The van der Waals surface area contributed by atoms with Gasteiger partial charge in [0.2, 0.25) is 0 Å². The zero-order valence-corrected chi connectivity index (χ0v) is 8.40. The van der Waals surface area contributed by atoms with E-state index in [1.807, 2.05) is 24.4 Å². The van der Waals surface area contributed by atoms with Gasteiger partial charge in [-0.2, -0.15) is 0 Å². The Balaban J connectivity index is 2.39. The van der Waals surface area contributed by atoms with Crippen molar-refractivity contribution in [3.05, 3.63) is 35.9 Å². The van der Waals surface area contributed by atoms with Gasteiger partial charge in [0, 0.05) is 6.21 Å². The summed E-state index contributed by atoms with van der Waals surface area (Å²) in [4.78, 5) is 4.39. The summed E-state index contributed by atoms with van der Waals surface area (Å²) in [5.41, 5.74) is 1.28. The summed E-state index contributed by atoms with van der Waals surface area (Å²) in [5.74, 6) is 0.601. The maximum Gasteiger partial charge on any atom is 0.0635 e. The van der Waals surface area contributed by atoms with Crippen LogP contribution in [0.25, 0.3) is 0 Å². The molecule has 13 heavy (non-hydrogen) atoms. The Morgan fingerprint density at radius 2 is 2.00 bits per heavy atom. The van der Waals surface area contributed by atoms with E-state index in [2.05, 4.69) is 31.0 Å². The zero-order valence-electron chi connectivity index (χ0n) is 8.40. The van der Waals surface area contributed by atoms with Crippen LogP contribution in [0.2, 0.25) is 0 Å². The maximum atomic E-state index is 4.39. The van der Waals surface area contributed by atoms with Crippen LogP contribution >= 0.6 is 0 Å². The molecule has 1 rings (SSSR count). The van der Waals surface area contributed by atoms with Gasteiger partial charge in [-0.05, 0) is 17.9 Å². The fraction of sp³-hybridized carbons (Fsp3) is 0.417. The molecule has 1 atom stereocenters. The molecule has 1 nitrogen and oxygen atoms in total. The molecule has 70 valence electrons. The second-order valence-corrected chi connectivity index (χ2v) is 3.36. The summed E-state index contributed by atoms with van der Waals surface area (Å²) in [6, 6.07) is 10.3. The van der Waals surface area contributed by atoms with Crippen molar-refractivity contribution >= 4 is 6.21 Å². The molecule has 0 aliphatic heterocycles. The second-order valence-electron chi connectivity index (χ2n) is 3.36. The van der Waals surface area contributed by atoms with Crippen LogP contribution in [-0.2, 0) is 6.54 Å². The summed E-state index contributed by atoms with van der Waals surface area (Å²) < 4.78 is 0. The molecule has 0 heterocycles. The van der Waals surface area contributed by atoms with Crippen molar-refractivity contribution in [2.45, 2.75) is 26.8 Å². The standard InChI is InChI=1S/C12H17N/c1-3-11(2)9-13-10-12-7-5-4-6-8-12/h4-9,11H,3,10H2,1-2H3. The highest BCUT2D eigenvalue weighted by molar-refractivity contribution is 5.60. The summed E-state index contributed by atoms with van der Waals surface area (Å²) >= 11 is 0. The molecule has 0 aromatic heterocycles. The fourth-order valence-corrected chi connectivity index (χ4v) is 1.03. The average molecular weight is 175 g/mol. The number of rotatable bonds is 4. The van der Waals surface area contributed by atoms with Crippen molar-refractivity contribution in [2.24, 2.45) is 10.9 Å². The molecule has 0 aliphatic rings. The third kappa shape index (κ3) is 3.88. The first-order valence-electron chi connectivity index (χ1n) is 4.86. The lowest BCUT2D eigenvalue weighted by Gasteiger charge is -1.99. The average Bonchev–Trinajstić information content (AvgIpc) is 2.19. The van der Waals surface area contributed by atoms with Crippen LogP contribution in [0.4, 0.5) is 0 Å². The smallest absolute Gasteiger partial charge is 0.0635 e. The lowest BCUT2D eigenvalue weighted by Crippen LogP contribution is -1.93. The first kappa shape index (κ1) is 9.97. The SMILES string of the molecule is CCC(C)C=NCc1ccccc1. The molecule has 0 spiro atoms. The summed E-state index contributed by atoms with van der Waals surface area (Å²) in [7, 11) is 0. The second kappa shape index (κ2) is 5.52. The van der Waals surface area contributed by atoms with E-state index in [0.29, 0.717) is 5.92 Å². The van der Waals surface area contributed by atoms with Crippen molar-refractivity contribution in [1.82, 2.24) is 0 Å². The summed E-state index contributed by atoms with van der Waals surface area (Å²) in [5, 5.41) is 0. The van der Waals surface area contributed by atoms with Crippen molar-refractivity contribution in [3.8, 4) is 0 Å². The molecule has 1 unspecified atom stereocenters. The number of benzene rings is 1. The summed E-state index contributed by atoms with van der Waals surface area (Å²) in [6.45, 7) is 5.18. The molecule has 0 radical (unpaired) electrons. The Labute approximate surface area is 80.5 Å². The quantitative estimate of drug-likeness (QED) is 0.622. The van der Waals surface area contributed by atoms with Crippen LogP contribution in [0.1, 0.15) is 25.8 Å². The molecule has 1 heteroatoms. The fourth-order valence-electron chi connectivity index (χ4n) is 1.03. The van der Waals surface area contributed by atoms with Gasteiger partial charge in [0.15, 0.2) is 0 Å². The minimum Gasteiger partial charge on any atom is -0.293 e. The van der Waals surface area contributed by atoms with Crippen LogP contribution < -0.4 is 0 Å². The number of nitrogens with zero attached hydrogens (tertiary/aromatic N) is 1. The molecule has 0 amide bonds. The van der Waals surface area contributed by atoms with Crippen molar-refractivity contribution in [2.75, 3.05) is 0 Å². The van der Waals surface area contributed by atoms with Crippen molar-refractivity contribution in [3.63, 3.8) is 0 Å². The lowest BCUT2D eigenvalue weighted by molar-refractivity contribution is 0.749. The van der Waals surface area contributed by atoms with Crippen LogP contribution in [0.3, 0.4) is 0 Å². The Kier molecular flexibility index (Phi) is 4.24. The molecule has 0 fully saturated rings. The van der Waals surface area contributed by atoms with E-state index in [1.54, 1.807) is 0 Å². The number of hydrogen-bond acceptors (Lipinski definition) is 1. The molecule has 0 aliphatic carbocycles.